The first-order valence-corrected chi connectivity index (χ1v) is 35.1. The van der Waals surface area contributed by atoms with Gasteiger partial charge in [-0.3, -0.25) is 9.36 Å². The zero-order chi connectivity index (χ0) is 57.0. The number of hydrogen-bond acceptors (Lipinski definition) is 6. The van der Waals surface area contributed by atoms with E-state index in [-0.39, 0.29) is 12.5 Å². The van der Waals surface area contributed by atoms with Crippen LogP contribution in [0.25, 0.3) is 0 Å². The Kier molecular flexibility index (Phi) is 58.4. The predicted molar refractivity (Wildman–Crippen MR) is 339 cm³/mol. The van der Waals surface area contributed by atoms with Gasteiger partial charge in [0, 0.05) is 6.42 Å². The van der Waals surface area contributed by atoms with Gasteiger partial charge in [-0.2, -0.15) is 0 Å². The first-order valence-electron chi connectivity index (χ1n) is 33.7. The van der Waals surface area contributed by atoms with Gasteiger partial charge in [0.1, 0.15) is 13.2 Å². The molecular weight excluding hydrogens is 984 g/mol. The molecule has 1 amide bonds. The van der Waals surface area contributed by atoms with Gasteiger partial charge in [-0.25, -0.2) is 0 Å². The highest BCUT2D eigenvalue weighted by Crippen LogP contribution is 2.38. The van der Waals surface area contributed by atoms with Crippen LogP contribution in [0.4, 0.5) is 0 Å². The molecule has 0 heterocycles. The molecule has 0 aromatic heterocycles. The van der Waals surface area contributed by atoms with Gasteiger partial charge < -0.3 is 28.8 Å². The van der Waals surface area contributed by atoms with Crippen LogP contribution in [-0.4, -0.2) is 68.5 Å². The van der Waals surface area contributed by atoms with Crippen LogP contribution in [0.3, 0.4) is 0 Å². The highest BCUT2D eigenvalue weighted by Gasteiger charge is 2.23. The molecule has 458 valence electrons. The molecule has 0 rings (SSSR count). The Balaban J connectivity index is 4.14. The van der Waals surface area contributed by atoms with E-state index in [0.717, 1.165) is 51.4 Å². The number of hydrogen-bond donors (Lipinski definition) is 2. The van der Waals surface area contributed by atoms with E-state index < -0.39 is 26.6 Å². The van der Waals surface area contributed by atoms with Crippen molar-refractivity contribution in [2.45, 2.75) is 334 Å². The van der Waals surface area contributed by atoms with E-state index in [1.807, 2.05) is 27.2 Å². The van der Waals surface area contributed by atoms with Crippen molar-refractivity contribution in [3.8, 4) is 0 Å². The number of quaternary nitrogens is 1. The molecule has 0 saturated carbocycles. The molecule has 0 fully saturated rings. The summed E-state index contributed by atoms with van der Waals surface area (Å²) in [6.45, 7) is 4.66. The van der Waals surface area contributed by atoms with Gasteiger partial charge in [0.2, 0.25) is 5.91 Å². The summed E-state index contributed by atoms with van der Waals surface area (Å²) in [5.41, 5.74) is 0. The van der Waals surface area contributed by atoms with Crippen molar-refractivity contribution >= 4 is 13.7 Å². The quantitative estimate of drug-likeness (QED) is 0.0272. The number of carbonyl (C=O) groups is 1. The molecule has 0 aromatic rings. The van der Waals surface area contributed by atoms with E-state index in [1.54, 1.807) is 6.08 Å². The lowest BCUT2D eigenvalue weighted by Crippen LogP contribution is -2.45. The van der Waals surface area contributed by atoms with Crippen LogP contribution < -0.4 is 10.2 Å². The number of nitrogens with zero attached hydrogens (tertiary/aromatic N) is 1. The Hall–Kier alpha value is -1.80. The monoisotopic (exact) mass is 1110 g/mol. The molecule has 0 aliphatic heterocycles. The van der Waals surface area contributed by atoms with E-state index in [0.29, 0.717) is 17.4 Å². The number of nitrogens with one attached hydrogen (secondary N) is 1. The lowest BCUT2D eigenvalue weighted by atomic mass is 10.0. The molecule has 8 nitrogen and oxygen atoms in total. The van der Waals surface area contributed by atoms with Crippen molar-refractivity contribution in [3.05, 3.63) is 60.8 Å². The second-order valence-electron chi connectivity index (χ2n) is 24.2. The topological polar surface area (TPSA) is 108 Å². The SMILES string of the molecule is CCCCCCC/C=C\C/C=C\C/C=C\CCCCCCCCCCCCCCCCC(=O)NC(COP(=O)([O-])OCC[N+](C)(C)C)C(O)/C=C/CC/C=C/CCCCCCCCCCCCCCCCCCCCCCC. The predicted octanol–water partition coefficient (Wildman–Crippen LogP) is 20.6. The van der Waals surface area contributed by atoms with E-state index >= 15 is 0 Å². The fraction of sp³-hybridized carbons (Fsp3) is 0.841. The Labute approximate surface area is 485 Å². The Bertz CT molecular complexity index is 1450. The summed E-state index contributed by atoms with van der Waals surface area (Å²) in [7, 11) is 1.25. The van der Waals surface area contributed by atoms with Crippen molar-refractivity contribution in [2.75, 3.05) is 40.9 Å². The third kappa shape index (κ3) is 61.8. The summed E-state index contributed by atoms with van der Waals surface area (Å²) in [4.78, 5) is 25.6. The first kappa shape index (κ1) is 76.2. The number of carbonyl (C=O) groups excluding carboxylic acids is 1. The van der Waals surface area contributed by atoms with E-state index in [9.17, 15) is 19.4 Å². The number of aliphatic hydroxyl groups excluding tert-OH is 1. The Morgan fingerprint density at radius 2 is 0.756 bits per heavy atom. The van der Waals surface area contributed by atoms with Gasteiger partial charge in [-0.15, -0.1) is 0 Å². The van der Waals surface area contributed by atoms with Crippen LogP contribution in [-0.2, 0) is 18.4 Å². The standard InChI is InChI=1S/C69H131N2O6P/c1-6-8-10-12-14-16-18-20-22-24-26-28-30-32-34-35-37-39-41-43-45-47-49-51-53-55-57-59-61-63-69(73)70-67(66-77-78(74,75)76-65-64-71(3,4)5)68(72)62-60-58-56-54-52-50-48-46-44-42-40-38-36-33-31-29-27-25-23-21-19-17-15-13-11-9-7-2/h18,20,24,26,30,32,52,54,60,62,67-68,72H,6-17,19,21-23,25,27-29,31,33-51,53,55-59,61,63-66H2,1-5H3,(H-,70,73,74,75)/b20-18-,26-24-,32-30-,54-52+,62-60+. The van der Waals surface area contributed by atoms with E-state index in [1.165, 1.54) is 250 Å². The fourth-order valence-electron chi connectivity index (χ4n) is 9.94. The van der Waals surface area contributed by atoms with Crippen LogP contribution in [0.15, 0.2) is 60.8 Å². The van der Waals surface area contributed by atoms with Crippen molar-refractivity contribution in [2.24, 2.45) is 0 Å². The highest BCUT2D eigenvalue weighted by molar-refractivity contribution is 7.45. The van der Waals surface area contributed by atoms with Gasteiger partial charge in [-0.1, -0.05) is 306 Å². The average Bonchev–Trinajstić information content (AvgIpc) is 3.41. The minimum atomic E-state index is -4.61. The van der Waals surface area contributed by atoms with Gasteiger partial charge in [0.15, 0.2) is 0 Å². The van der Waals surface area contributed by atoms with Crippen molar-refractivity contribution < 1.29 is 32.9 Å². The second kappa shape index (κ2) is 59.8. The highest BCUT2D eigenvalue weighted by atomic mass is 31.2. The lowest BCUT2D eigenvalue weighted by Gasteiger charge is -2.29. The van der Waals surface area contributed by atoms with Crippen LogP contribution in [0, 0.1) is 0 Å². The largest absolute Gasteiger partial charge is 0.756 e. The minimum absolute atomic E-state index is 0.00720. The van der Waals surface area contributed by atoms with E-state index in [4.69, 9.17) is 9.05 Å². The maximum Gasteiger partial charge on any atom is 0.268 e. The number of unbranched alkanes of at least 4 members (excludes halogenated alkanes) is 41. The summed E-state index contributed by atoms with van der Waals surface area (Å²) >= 11 is 0. The number of allylic oxidation sites excluding steroid dienone is 9. The molecule has 2 N–H and O–H groups in total. The van der Waals surface area contributed by atoms with Crippen LogP contribution in [0.1, 0.15) is 322 Å². The summed E-state index contributed by atoms with van der Waals surface area (Å²) in [6, 6.07) is -0.907. The minimum Gasteiger partial charge on any atom is -0.756 e. The summed E-state index contributed by atoms with van der Waals surface area (Å²) in [5, 5.41) is 13.9. The Morgan fingerprint density at radius 1 is 0.449 bits per heavy atom. The number of amides is 1. The van der Waals surface area contributed by atoms with Crippen LogP contribution >= 0.6 is 7.82 Å². The number of rotatable bonds is 62. The third-order valence-electron chi connectivity index (χ3n) is 15.2. The lowest BCUT2D eigenvalue weighted by molar-refractivity contribution is -0.870. The molecule has 0 aromatic carbocycles. The fourth-order valence-corrected chi connectivity index (χ4v) is 10.7. The molecule has 0 radical (unpaired) electrons. The molecular formula is C69H131N2O6P. The number of phosphoric ester groups is 1. The van der Waals surface area contributed by atoms with Crippen molar-refractivity contribution in [1.82, 2.24) is 5.32 Å². The molecule has 0 aliphatic rings. The van der Waals surface area contributed by atoms with Crippen molar-refractivity contribution in [1.29, 1.82) is 0 Å². The van der Waals surface area contributed by atoms with Gasteiger partial charge in [-0.05, 0) is 70.6 Å². The second-order valence-corrected chi connectivity index (χ2v) is 25.6. The summed E-state index contributed by atoms with van der Waals surface area (Å²) in [6.07, 6.45) is 81.9. The van der Waals surface area contributed by atoms with Crippen LogP contribution in [0.5, 0.6) is 0 Å². The Morgan fingerprint density at radius 3 is 1.13 bits per heavy atom. The molecule has 78 heavy (non-hydrogen) atoms. The molecule has 0 bridgehead atoms. The summed E-state index contributed by atoms with van der Waals surface area (Å²) < 4.78 is 23.4. The van der Waals surface area contributed by atoms with Gasteiger partial charge in [0.25, 0.3) is 7.82 Å². The van der Waals surface area contributed by atoms with Gasteiger partial charge in [0.05, 0.1) is 39.9 Å². The number of aliphatic hydroxyl groups is 1. The first-order chi connectivity index (χ1) is 38.0. The normalized spacial score (nSPS) is 14.1. The average molecular weight is 1120 g/mol. The van der Waals surface area contributed by atoms with Crippen molar-refractivity contribution in [3.63, 3.8) is 0 Å². The third-order valence-corrected chi connectivity index (χ3v) is 16.2. The molecule has 0 spiro atoms. The maximum absolute atomic E-state index is 13.0. The molecule has 3 unspecified atom stereocenters. The maximum atomic E-state index is 13.0. The molecule has 3 atom stereocenters. The molecule has 0 aliphatic carbocycles. The zero-order valence-electron chi connectivity index (χ0n) is 52.4. The van der Waals surface area contributed by atoms with Crippen LogP contribution in [0.2, 0.25) is 0 Å². The molecule has 0 saturated heterocycles. The van der Waals surface area contributed by atoms with Gasteiger partial charge >= 0.3 is 0 Å². The zero-order valence-corrected chi connectivity index (χ0v) is 53.3. The van der Waals surface area contributed by atoms with E-state index in [2.05, 4.69) is 67.8 Å². The smallest absolute Gasteiger partial charge is 0.268 e. The number of likely N-dealkylation sites (N-methyl/N-ethyl adjacent to an activating group) is 1. The number of phosphoric acid groups is 1. The summed E-state index contributed by atoms with van der Waals surface area (Å²) in [5.74, 6) is -0.205. The molecule has 9 heteroatoms.